The molecule has 3 rings (SSSR count). The summed E-state index contributed by atoms with van der Waals surface area (Å²) in [6, 6.07) is 12.9. The molecule has 0 radical (unpaired) electrons. The van der Waals surface area contributed by atoms with E-state index < -0.39 is 28.5 Å². The number of nitrogens with one attached hydrogen (secondary N) is 1. The minimum absolute atomic E-state index is 0.0814. The van der Waals surface area contributed by atoms with Gasteiger partial charge in [0.1, 0.15) is 18.3 Å². The summed E-state index contributed by atoms with van der Waals surface area (Å²) in [5, 5.41) is 3.58. The van der Waals surface area contributed by atoms with Crippen molar-refractivity contribution in [3.8, 4) is 5.75 Å². The van der Waals surface area contributed by atoms with E-state index in [1.807, 2.05) is 6.07 Å². The normalized spacial score (nSPS) is 15.1. The molecule has 1 aliphatic rings. The van der Waals surface area contributed by atoms with Gasteiger partial charge in [-0.25, -0.2) is 8.42 Å². The van der Waals surface area contributed by atoms with Crippen LogP contribution in [0.15, 0.2) is 48.5 Å². The fraction of sp³-hybridized carbons (Fsp3) is 0.462. The van der Waals surface area contributed by atoms with Crippen LogP contribution in [0.1, 0.15) is 44.6 Å². The summed E-state index contributed by atoms with van der Waals surface area (Å²) in [6.07, 6.45) is 6.14. The maximum Gasteiger partial charge on any atom is 0.244 e. The molecule has 2 aromatic carbocycles. The number of benzene rings is 2. The molecule has 0 bridgehead atoms. The molecule has 1 aliphatic carbocycles. The van der Waals surface area contributed by atoms with Crippen LogP contribution in [-0.2, 0) is 26.2 Å². The van der Waals surface area contributed by atoms with E-state index >= 15 is 0 Å². The van der Waals surface area contributed by atoms with Crippen molar-refractivity contribution in [2.24, 2.45) is 0 Å². The van der Waals surface area contributed by atoms with Crippen LogP contribution in [0.3, 0.4) is 0 Å². The monoisotopic (exact) mass is 535 g/mol. The Morgan fingerprint density at radius 3 is 2.44 bits per heavy atom. The number of carbonyl (C=O) groups is 2. The minimum Gasteiger partial charge on any atom is -0.495 e. The molecular formula is C26H34ClN3O5S. The molecule has 0 saturated heterocycles. The fourth-order valence-electron chi connectivity index (χ4n) is 4.41. The molecule has 36 heavy (non-hydrogen) atoms. The summed E-state index contributed by atoms with van der Waals surface area (Å²) >= 11 is 6.15. The van der Waals surface area contributed by atoms with Gasteiger partial charge in [0.2, 0.25) is 21.8 Å². The SMILES string of the molecule is COc1ccccc1N(CC(=O)N(Cc1cccc(Cl)c1)[C@@H](C)C(=O)NC1CCCCC1)S(C)(=O)=O. The Hall–Kier alpha value is -2.78. The second-order valence-corrected chi connectivity index (χ2v) is 11.5. The molecule has 2 amide bonds. The molecule has 1 atom stereocenters. The van der Waals surface area contributed by atoms with Gasteiger partial charge >= 0.3 is 0 Å². The zero-order valence-corrected chi connectivity index (χ0v) is 22.5. The maximum atomic E-state index is 13.7. The van der Waals surface area contributed by atoms with Crippen molar-refractivity contribution >= 4 is 39.1 Å². The molecule has 0 spiro atoms. The van der Waals surface area contributed by atoms with Crippen molar-refractivity contribution in [1.82, 2.24) is 10.2 Å². The van der Waals surface area contributed by atoms with E-state index in [9.17, 15) is 18.0 Å². The third-order valence-corrected chi connectivity index (χ3v) is 7.76. The molecule has 0 unspecified atom stereocenters. The number of methoxy groups -OCH3 is 1. The number of anilines is 1. The van der Waals surface area contributed by atoms with E-state index in [0.717, 1.165) is 48.2 Å². The number of hydrogen-bond donors (Lipinski definition) is 1. The largest absolute Gasteiger partial charge is 0.495 e. The van der Waals surface area contributed by atoms with E-state index in [0.29, 0.717) is 10.8 Å². The summed E-state index contributed by atoms with van der Waals surface area (Å²) in [6.45, 7) is 1.28. The highest BCUT2D eigenvalue weighted by Gasteiger charge is 2.32. The van der Waals surface area contributed by atoms with E-state index in [-0.39, 0.29) is 24.2 Å². The number of sulfonamides is 1. The van der Waals surface area contributed by atoms with Gasteiger partial charge in [0.05, 0.1) is 19.1 Å². The van der Waals surface area contributed by atoms with Crippen molar-refractivity contribution in [1.29, 1.82) is 0 Å². The Labute approximate surface area is 218 Å². The van der Waals surface area contributed by atoms with Gasteiger partial charge in [-0.3, -0.25) is 13.9 Å². The number of para-hydroxylation sites is 2. The third kappa shape index (κ3) is 7.36. The lowest BCUT2D eigenvalue weighted by Crippen LogP contribution is -2.53. The molecule has 196 valence electrons. The van der Waals surface area contributed by atoms with Gasteiger partial charge in [0, 0.05) is 17.6 Å². The van der Waals surface area contributed by atoms with Crippen LogP contribution in [0, 0.1) is 0 Å². The smallest absolute Gasteiger partial charge is 0.244 e. The van der Waals surface area contributed by atoms with E-state index in [1.165, 1.54) is 12.0 Å². The highest BCUT2D eigenvalue weighted by molar-refractivity contribution is 7.92. The van der Waals surface area contributed by atoms with Gasteiger partial charge in [-0.2, -0.15) is 0 Å². The first-order valence-electron chi connectivity index (χ1n) is 12.0. The highest BCUT2D eigenvalue weighted by Crippen LogP contribution is 2.30. The summed E-state index contributed by atoms with van der Waals surface area (Å²) < 4.78 is 31.8. The number of amides is 2. The average Bonchev–Trinajstić information content (AvgIpc) is 2.85. The standard InChI is InChI=1S/C26H34ClN3O5S/c1-19(26(32)28-22-12-5-4-6-13-22)29(17-20-10-9-11-21(27)16-20)25(31)18-30(36(3,33)34)23-14-7-8-15-24(23)35-2/h7-11,14-16,19,22H,4-6,12-13,17-18H2,1-3H3,(H,28,32)/t19-/m0/s1. The van der Waals surface area contributed by atoms with E-state index in [1.54, 1.807) is 49.4 Å². The van der Waals surface area contributed by atoms with Gasteiger partial charge < -0.3 is 15.0 Å². The molecule has 8 nitrogen and oxygen atoms in total. The topological polar surface area (TPSA) is 96.0 Å². The molecular weight excluding hydrogens is 502 g/mol. The quantitative estimate of drug-likeness (QED) is 0.496. The number of carbonyl (C=O) groups excluding carboxylic acids is 2. The van der Waals surface area contributed by atoms with Crippen LogP contribution in [-0.4, -0.2) is 57.1 Å². The second-order valence-electron chi connectivity index (χ2n) is 9.11. The Balaban J connectivity index is 1.89. The van der Waals surface area contributed by atoms with Crippen LogP contribution in [0.25, 0.3) is 0 Å². The van der Waals surface area contributed by atoms with Crippen LogP contribution >= 0.6 is 11.6 Å². The lowest BCUT2D eigenvalue weighted by molar-refractivity contribution is -0.139. The molecule has 0 aromatic heterocycles. The predicted molar refractivity (Wildman–Crippen MR) is 142 cm³/mol. The fourth-order valence-corrected chi connectivity index (χ4v) is 5.48. The van der Waals surface area contributed by atoms with Crippen molar-refractivity contribution < 1.29 is 22.7 Å². The number of ether oxygens (including phenoxy) is 1. The summed E-state index contributed by atoms with van der Waals surface area (Å²) in [7, 11) is -2.41. The summed E-state index contributed by atoms with van der Waals surface area (Å²) in [5.74, 6) is -0.460. The average molecular weight is 536 g/mol. The Bertz CT molecular complexity index is 1170. The molecule has 2 aromatic rings. The van der Waals surface area contributed by atoms with Crippen LogP contribution in [0.5, 0.6) is 5.75 Å². The van der Waals surface area contributed by atoms with Crippen molar-refractivity contribution in [2.75, 3.05) is 24.2 Å². The van der Waals surface area contributed by atoms with Crippen LogP contribution < -0.4 is 14.4 Å². The number of nitrogens with zero attached hydrogens (tertiary/aromatic N) is 2. The van der Waals surface area contributed by atoms with Gasteiger partial charge in [-0.05, 0) is 49.6 Å². The first kappa shape index (κ1) is 27.8. The Morgan fingerprint density at radius 1 is 1.11 bits per heavy atom. The van der Waals surface area contributed by atoms with Crippen molar-refractivity contribution in [3.63, 3.8) is 0 Å². The van der Waals surface area contributed by atoms with Crippen molar-refractivity contribution in [3.05, 3.63) is 59.1 Å². The first-order chi connectivity index (χ1) is 17.1. The zero-order valence-electron chi connectivity index (χ0n) is 20.9. The maximum absolute atomic E-state index is 13.7. The minimum atomic E-state index is -3.84. The molecule has 1 saturated carbocycles. The number of rotatable bonds is 10. The Kier molecular flexibility index (Phi) is 9.62. The zero-order chi connectivity index (χ0) is 26.3. The number of halogens is 1. The second kappa shape index (κ2) is 12.5. The molecule has 1 fully saturated rings. The molecule has 0 aliphatic heterocycles. The van der Waals surface area contributed by atoms with Gasteiger partial charge in [0.25, 0.3) is 0 Å². The van der Waals surface area contributed by atoms with Gasteiger partial charge in [-0.1, -0.05) is 55.1 Å². The number of hydrogen-bond acceptors (Lipinski definition) is 5. The van der Waals surface area contributed by atoms with Crippen molar-refractivity contribution in [2.45, 2.75) is 57.7 Å². The van der Waals surface area contributed by atoms with E-state index in [4.69, 9.17) is 16.3 Å². The lowest BCUT2D eigenvalue weighted by Gasteiger charge is -2.33. The predicted octanol–water partition coefficient (Wildman–Crippen LogP) is 3.98. The summed E-state index contributed by atoms with van der Waals surface area (Å²) in [4.78, 5) is 28.3. The highest BCUT2D eigenvalue weighted by atomic mass is 35.5. The molecule has 0 heterocycles. The molecule has 1 N–H and O–H groups in total. The third-order valence-electron chi connectivity index (χ3n) is 6.39. The van der Waals surface area contributed by atoms with Crippen LogP contribution in [0.2, 0.25) is 5.02 Å². The van der Waals surface area contributed by atoms with Crippen LogP contribution in [0.4, 0.5) is 5.69 Å². The van der Waals surface area contributed by atoms with E-state index in [2.05, 4.69) is 5.32 Å². The Morgan fingerprint density at radius 2 is 1.81 bits per heavy atom. The van der Waals surface area contributed by atoms with Gasteiger partial charge in [0.15, 0.2) is 0 Å². The first-order valence-corrected chi connectivity index (χ1v) is 14.3. The summed E-state index contributed by atoms with van der Waals surface area (Å²) in [5.41, 5.74) is 0.981. The lowest BCUT2D eigenvalue weighted by atomic mass is 9.95. The molecule has 10 heteroatoms. The van der Waals surface area contributed by atoms with Gasteiger partial charge in [-0.15, -0.1) is 0 Å².